The van der Waals surface area contributed by atoms with E-state index in [1.165, 1.54) is 12.2 Å². The van der Waals surface area contributed by atoms with Gasteiger partial charge in [0.2, 0.25) is 0 Å². The van der Waals surface area contributed by atoms with Crippen molar-refractivity contribution >= 4 is 45.7 Å². The van der Waals surface area contributed by atoms with Gasteiger partial charge in [0.05, 0.1) is 5.52 Å². The number of nitrogens with zero attached hydrogens (tertiary/aromatic N) is 2. The predicted molar refractivity (Wildman–Crippen MR) is 91.8 cm³/mol. The van der Waals surface area contributed by atoms with Crippen LogP contribution in [0, 0.1) is 0 Å². The van der Waals surface area contributed by atoms with Crippen molar-refractivity contribution in [3.8, 4) is 0 Å². The summed E-state index contributed by atoms with van der Waals surface area (Å²) in [7, 11) is 0. The number of fused-ring (bicyclic) bond motifs is 1. The van der Waals surface area contributed by atoms with Gasteiger partial charge < -0.3 is 10.6 Å². The number of nitrogens with two attached hydrogens (primary N) is 1. The number of hydrogen-bond donors (Lipinski definition) is 1. The minimum Gasteiger partial charge on any atom is -0.389 e. The topological polar surface area (TPSA) is 42.1 Å². The molecular formula is C15H17N3S2. The van der Waals surface area contributed by atoms with Crippen molar-refractivity contribution in [1.82, 2.24) is 4.98 Å². The lowest BCUT2D eigenvalue weighted by molar-refractivity contribution is 0.804. The second kappa shape index (κ2) is 5.97. The lowest BCUT2D eigenvalue weighted by Crippen LogP contribution is -2.27. The third kappa shape index (κ3) is 2.74. The molecule has 2 heterocycles. The van der Waals surface area contributed by atoms with Gasteiger partial charge in [-0.2, -0.15) is 11.8 Å². The van der Waals surface area contributed by atoms with Gasteiger partial charge in [0, 0.05) is 29.8 Å². The standard InChI is InChI=1S/C15H17N3S2/c16-15(19)12-10-14(18-6-3-8-20-9-7-18)17-13-5-2-1-4-11(12)13/h1-2,4-5,10H,3,6-9H2,(H2,16,19). The van der Waals surface area contributed by atoms with Gasteiger partial charge in [0.25, 0.3) is 0 Å². The maximum atomic E-state index is 5.89. The van der Waals surface area contributed by atoms with Crippen LogP contribution >= 0.6 is 24.0 Å². The molecule has 0 unspecified atom stereocenters. The first-order valence-corrected chi connectivity index (χ1v) is 8.34. The first kappa shape index (κ1) is 13.6. The maximum absolute atomic E-state index is 5.89. The van der Waals surface area contributed by atoms with Crippen LogP contribution in [0.3, 0.4) is 0 Å². The van der Waals surface area contributed by atoms with Gasteiger partial charge in [-0.1, -0.05) is 30.4 Å². The Hall–Kier alpha value is -1.33. The normalized spacial score (nSPS) is 16.1. The lowest BCUT2D eigenvalue weighted by atomic mass is 10.1. The summed E-state index contributed by atoms with van der Waals surface area (Å²) in [5.41, 5.74) is 7.78. The average molecular weight is 303 g/mol. The number of thiocarbonyl (C=S) groups is 1. The number of para-hydroxylation sites is 1. The first-order chi connectivity index (χ1) is 9.75. The van der Waals surface area contributed by atoms with Crippen molar-refractivity contribution in [1.29, 1.82) is 0 Å². The van der Waals surface area contributed by atoms with E-state index in [0.717, 1.165) is 41.1 Å². The Labute approximate surface area is 128 Å². The number of pyridine rings is 1. The Morgan fingerprint density at radius 3 is 2.95 bits per heavy atom. The molecule has 0 spiro atoms. The first-order valence-electron chi connectivity index (χ1n) is 6.78. The van der Waals surface area contributed by atoms with Crippen molar-refractivity contribution in [3.63, 3.8) is 0 Å². The van der Waals surface area contributed by atoms with Gasteiger partial charge in [0.15, 0.2) is 0 Å². The van der Waals surface area contributed by atoms with E-state index < -0.39 is 0 Å². The van der Waals surface area contributed by atoms with Crippen LogP contribution in [0.25, 0.3) is 10.9 Å². The van der Waals surface area contributed by atoms with Crippen molar-refractivity contribution in [2.45, 2.75) is 6.42 Å². The largest absolute Gasteiger partial charge is 0.389 e. The fourth-order valence-corrected chi connectivity index (χ4v) is 3.56. The van der Waals surface area contributed by atoms with Crippen LogP contribution in [0.5, 0.6) is 0 Å². The fourth-order valence-electron chi connectivity index (χ4n) is 2.50. The summed E-state index contributed by atoms with van der Waals surface area (Å²) in [5, 5.41) is 1.04. The number of benzene rings is 1. The molecule has 2 N–H and O–H groups in total. The molecule has 0 aliphatic carbocycles. The van der Waals surface area contributed by atoms with Crippen LogP contribution in [-0.2, 0) is 0 Å². The van der Waals surface area contributed by atoms with Crippen LogP contribution in [0.4, 0.5) is 5.82 Å². The molecule has 0 radical (unpaired) electrons. The molecule has 2 aromatic rings. The number of aromatic nitrogens is 1. The SMILES string of the molecule is NC(=S)c1cc(N2CCCSCC2)nc2ccccc12. The molecule has 20 heavy (non-hydrogen) atoms. The molecular weight excluding hydrogens is 286 g/mol. The highest BCUT2D eigenvalue weighted by Gasteiger charge is 2.14. The molecule has 104 valence electrons. The van der Waals surface area contributed by atoms with E-state index in [2.05, 4.69) is 4.90 Å². The van der Waals surface area contributed by atoms with Gasteiger partial charge in [-0.3, -0.25) is 0 Å². The van der Waals surface area contributed by atoms with Crippen molar-refractivity contribution in [2.24, 2.45) is 5.73 Å². The number of thioether (sulfide) groups is 1. The highest BCUT2D eigenvalue weighted by molar-refractivity contribution is 7.99. The van der Waals surface area contributed by atoms with Crippen LogP contribution in [0.1, 0.15) is 12.0 Å². The van der Waals surface area contributed by atoms with Gasteiger partial charge in [-0.15, -0.1) is 0 Å². The lowest BCUT2D eigenvalue weighted by Gasteiger charge is -2.22. The smallest absolute Gasteiger partial charge is 0.129 e. The minimum absolute atomic E-state index is 0.439. The molecule has 1 aliphatic heterocycles. The third-order valence-corrected chi connectivity index (χ3v) is 4.78. The van der Waals surface area contributed by atoms with Crippen molar-refractivity contribution in [2.75, 3.05) is 29.5 Å². The Morgan fingerprint density at radius 2 is 2.10 bits per heavy atom. The predicted octanol–water partition coefficient (Wildman–Crippen LogP) is 2.81. The number of hydrogen-bond acceptors (Lipinski definition) is 4. The third-order valence-electron chi connectivity index (χ3n) is 3.51. The summed E-state index contributed by atoms with van der Waals surface area (Å²) in [5.74, 6) is 3.37. The molecule has 1 saturated heterocycles. The van der Waals surface area contributed by atoms with E-state index in [1.807, 2.05) is 42.1 Å². The van der Waals surface area contributed by atoms with E-state index >= 15 is 0 Å². The van der Waals surface area contributed by atoms with Crippen molar-refractivity contribution < 1.29 is 0 Å². The molecule has 1 aliphatic rings. The molecule has 3 nitrogen and oxygen atoms in total. The molecule has 5 heteroatoms. The maximum Gasteiger partial charge on any atom is 0.129 e. The van der Waals surface area contributed by atoms with Gasteiger partial charge in [-0.25, -0.2) is 4.98 Å². The van der Waals surface area contributed by atoms with E-state index in [1.54, 1.807) is 0 Å². The molecule has 0 amide bonds. The quantitative estimate of drug-likeness (QED) is 0.864. The molecule has 0 bridgehead atoms. The Bertz CT molecular complexity index is 634. The second-order valence-electron chi connectivity index (χ2n) is 4.86. The molecule has 3 rings (SSSR count). The summed E-state index contributed by atoms with van der Waals surface area (Å²) in [6, 6.07) is 10.1. The van der Waals surface area contributed by atoms with Gasteiger partial charge in [0.1, 0.15) is 10.8 Å². The zero-order chi connectivity index (χ0) is 13.9. The molecule has 1 aromatic carbocycles. The highest BCUT2D eigenvalue weighted by Crippen LogP contribution is 2.24. The number of anilines is 1. The summed E-state index contributed by atoms with van der Waals surface area (Å²) >= 11 is 7.21. The van der Waals surface area contributed by atoms with E-state index in [0.29, 0.717) is 4.99 Å². The summed E-state index contributed by atoms with van der Waals surface area (Å²) in [6.07, 6.45) is 1.20. The molecule has 0 atom stereocenters. The molecule has 1 aromatic heterocycles. The summed E-state index contributed by atoms with van der Waals surface area (Å²) in [6.45, 7) is 2.09. The highest BCUT2D eigenvalue weighted by atomic mass is 32.2. The molecule has 0 saturated carbocycles. The van der Waals surface area contributed by atoms with Gasteiger partial charge in [-0.05, 0) is 24.3 Å². The average Bonchev–Trinajstić information content (AvgIpc) is 2.75. The fraction of sp³-hybridized carbons (Fsp3) is 0.333. The Kier molecular flexibility index (Phi) is 4.08. The second-order valence-corrected chi connectivity index (χ2v) is 6.53. The zero-order valence-corrected chi connectivity index (χ0v) is 12.8. The van der Waals surface area contributed by atoms with E-state index in [-0.39, 0.29) is 0 Å². The van der Waals surface area contributed by atoms with Crippen molar-refractivity contribution in [3.05, 3.63) is 35.9 Å². The minimum atomic E-state index is 0.439. The van der Waals surface area contributed by atoms with E-state index in [4.69, 9.17) is 22.9 Å². The zero-order valence-electron chi connectivity index (χ0n) is 11.2. The van der Waals surface area contributed by atoms with Crippen LogP contribution in [-0.4, -0.2) is 34.6 Å². The Morgan fingerprint density at radius 1 is 1.25 bits per heavy atom. The van der Waals surface area contributed by atoms with Gasteiger partial charge >= 0.3 is 0 Å². The number of rotatable bonds is 2. The van der Waals surface area contributed by atoms with Crippen LogP contribution < -0.4 is 10.6 Å². The van der Waals surface area contributed by atoms with E-state index in [9.17, 15) is 0 Å². The monoisotopic (exact) mass is 303 g/mol. The Balaban J connectivity index is 2.09. The van der Waals surface area contributed by atoms with Crippen LogP contribution in [0.15, 0.2) is 30.3 Å². The molecule has 1 fully saturated rings. The summed E-state index contributed by atoms with van der Waals surface area (Å²) in [4.78, 5) is 7.57. The summed E-state index contributed by atoms with van der Waals surface area (Å²) < 4.78 is 0. The van der Waals surface area contributed by atoms with Crippen LogP contribution in [0.2, 0.25) is 0 Å².